The average Bonchev–Trinajstić information content (AvgIpc) is 3.07. The highest BCUT2D eigenvalue weighted by atomic mass is 35.5. The van der Waals surface area contributed by atoms with Crippen LogP contribution in [0, 0.1) is 0 Å². The Labute approximate surface area is 158 Å². The molecule has 0 radical (unpaired) electrons. The van der Waals surface area contributed by atoms with E-state index in [-0.39, 0.29) is 36.8 Å². The second-order valence-electron chi connectivity index (χ2n) is 5.34. The van der Waals surface area contributed by atoms with Crippen molar-refractivity contribution in [3.63, 3.8) is 0 Å². The van der Waals surface area contributed by atoms with Crippen molar-refractivity contribution in [2.75, 3.05) is 11.9 Å². The van der Waals surface area contributed by atoms with Gasteiger partial charge < -0.3 is 20.5 Å². The molecular formula is C17H21Cl2N3O3. The Hall–Kier alpha value is -1.86. The molecule has 2 heterocycles. The van der Waals surface area contributed by atoms with Gasteiger partial charge in [-0.1, -0.05) is 6.07 Å². The maximum Gasteiger partial charge on any atom is 0.253 e. The molecule has 1 saturated heterocycles. The van der Waals surface area contributed by atoms with Crippen LogP contribution in [0.1, 0.15) is 12.8 Å². The standard InChI is InChI=1S/C17H19N3O3.2ClH/c18-11-14-8-9-15(22-14)17(21)20-12-4-6-13(7-5-12)23-16-3-1-2-10-19-16;;/h1-7,10,14-15H,8-9,11,18H2,(H,20,21);2*1H/t14-,15+;;/m1../s1. The van der Waals surface area contributed by atoms with E-state index in [1.807, 2.05) is 12.1 Å². The molecule has 2 atom stereocenters. The van der Waals surface area contributed by atoms with E-state index in [9.17, 15) is 4.79 Å². The molecule has 25 heavy (non-hydrogen) atoms. The molecule has 0 saturated carbocycles. The summed E-state index contributed by atoms with van der Waals surface area (Å²) >= 11 is 0. The van der Waals surface area contributed by atoms with Crippen molar-refractivity contribution in [2.45, 2.75) is 25.0 Å². The van der Waals surface area contributed by atoms with Crippen molar-refractivity contribution >= 4 is 36.4 Å². The number of hydrogen-bond acceptors (Lipinski definition) is 5. The molecular weight excluding hydrogens is 365 g/mol. The molecule has 0 bridgehead atoms. The largest absolute Gasteiger partial charge is 0.439 e. The molecule has 1 aliphatic rings. The Kier molecular flexibility index (Phi) is 8.65. The molecule has 1 aliphatic heterocycles. The summed E-state index contributed by atoms with van der Waals surface area (Å²) in [5.74, 6) is 1.04. The number of nitrogens with zero attached hydrogens (tertiary/aromatic N) is 1. The van der Waals surface area contributed by atoms with E-state index < -0.39 is 6.10 Å². The van der Waals surface area contributed by atoms with Gasteiger partial charge in [-0.05, 0) is 43.2 Å². The second-order valence-corrected chi connectivity index (χ2v) is 5.34. The summed E-state index contributed by atoms with van der Waals surface area (Å²) in [7, 11) is 0. The van der Waals surface area contributed by atoms with Gasteiger partial charge in [0.05, 0.1) is 6.10 Å². The van der Waals surface area contributed by atoms with Gasteiger partial charge >= 0.3 is 0 Å². The number of anilines is 1. The van der Waals surface area contributed by atoms with Crippen LogP contribution in [0.3, 0.4) is 0 Å². The zero-order valence-electron chi connectivity index (χ0n) is 13.5. The minimum absolute atomic E-state index is 0. The first kappa shape index (κ1) is 21.2. The Morgan fingerprint density at radius 3 is 2.56 bits per heavy atom. The van der Waals surface area contributed by atoms with Crippen molar-refractivity contribution in [3.8, 4) is 11.6 Å². The van der Waals surface area contributed by atoms with Crippen LogP contribution >= 0.6 is 24.8 Å². The quantitative estimate of drug-likeness (QED) is 0.825. The van der Waals surface area contributed by atoms with Crippen molar-refractivity contribution in [1.82, 2.24) is 4.98 Å². The number of nitrogens with one attached hydrogen (secondary N) is 1. The Morgan fingerprint density at radius 1 is 1.20 bits per heavy atom. The molecule has 3 N–H and O–H groups in total. The van der Waals surface area contributed by atoms with Gasteiger partial charge in [-0.2, -0.15) is 0 Å². The molecule has 1 fully saturated rings. The van der Waals surface area contributed by atoms with Crippen LogP contribution < -0.4 is 15.8 Å². The monoisotopic (exact) mass is 385 g/mol. The number of hydrogen-bond donors (Lipinski definition) is 2. The fraction of sp³-hybridized carbons (Fsp3) is 0.294. The van der Waals surface area contributed by atoms with Crippen LogP contribution in [0.4, 0.5) is 5.69 Å². The highest BCUT2D eigenvalue weighted by Crippen LogP contribution is 2.23. The van der Waals surface area contributed by atoms with Crippen molar-refractivity contribution in [2.24, 2.45) is 5.73 Å². The molecule has 3 rings (SSSR count). The van der Waals surface area contributed by atoms with Gasteiger partial charge in [0.2, 0.25) is 5.88 Å². The minimum Gasteiger partial charge on any atom is -0.439 e. The van der Waals surface area contributed by atoms with Gasteiger partial charge in [0.25, 0.3) is 5.91 Å². The number of carbonyl (C=O) groups excluding carboxylic acids is 1. The van der Waals surface area contributed by atoms with Gasteiger partial charge in [-0.25, -0.2) is 4.98 Å². The third-order valence-corrected chi connectivity index (χ3v) is 3.64. The maximum atomic E-state index is 12.1. The molecule has 0 spiro atoms. The predicted molar refractivity (Wildman–Crippen MR) is 101 cm³/mol. The number of carbonyl (C=O) groups is 1. The highest BCUT2D eigenvalue weighted by molar-refractivity contribution is 5.94. The smallest absolute Gasteiger partial charge is 0.253 e. The lowest BCUT2D eigenvalue weighted by Gasteiger charge is -2.13. The number of benzene rings is 1. The van der Waals surface area contributed by atoms with Gasteiger partial charge in [0.15, 0.2) is 0 Å². The first-order chi connectivity index (χ1) is 11.2. The third kappa shape index (κ3) is 5.86. The second kappa shape index (κ2) is 10.2. The predicted octanol–water partition coefficient (Wildman–Crippen LogP) is 3.16. The summed E-state index contributed by atoms with van der Waals surface area (Å²) in [5, 5.41) is 2.84. The molecule has 2 aromatic rings. The summed E-state index contributed by atoms with van der Waals surface area (Å²) in [6.45, 7) is 0.448. The molecule has 136 valence electrons. The van der Waals surface area contributed by atoms with E-state index in [0.717, 1.165) is 6.42 Å². The average molecular weight is 386 g/mol. The van der Waals surface area contributed by atoms with Crippen molar-refractivity contribution < 1.29 is 14.3 Å². The van der Waals surface area contributed by atoms with Crippen LogP contribution in [-0.2, 0) is 9.53 Å². The number of pyridine rings is 1. The first-order valence-corrected chi connectivity index (χ1v) is 7.60. The number of ether oxygens (including phenoxy) is 2. The topological polar surface area (TPSA) is 86.5 Å². The van der Waals surface area contributed by atoms with E-state index in [1.54, 1.807) is 36.5 Å². The van der Waals surface area contributed by atoms with Crippen LogP contribution in [0.15, 0.2) is 48.7 Å². The first-order valence-electron chi connectivity index (χ1n) is 7.60. The summed E-state index contributed by atoms with van der Waals surface area (Å²) < 4.78 is 11.2. The van der Waals surface area contributed by atoms with Crippen molar-refractivity contribution in [3.05, 3.63) is 48.7 Å². The fourth-order valence-electron chi connectivity index (χ4n) is 2.43. The zero-order valence-corrected chi connectivity index (χ0v) is 15.1. The van der Waals surface area contributed by atoms with Crippen LogP contribution in [-0.4, -0.2) is 29.6 Å². The molecule has 1 aromatic carbocycles. The fourth-order valence-corrected chi connectivity index (χ4v) is 2.43. The van der Waals surface area contributed by atoms with Gasteiger partial charge in [-0.15, -0.1) is 24.8 Å². The zero-order chi connectivity index (χ0) is 16.1. The van der Waals surface area contributed by atoms with Crippen LogP contribution in [0.5, 0.6) is 11.6 Å². The lowest BCUT2D eigenvalue weighted by molar-refractivity contribution is -0.126. The normalized spacial score (nSPS) is 18.6. The lowest BCUT2D eigenvalue weighted by Crippen LogP contribution is -2.29. The summed E-state index contributed by atoms with van der Waals surface area (Å²) in [6.07, 6.45) is 2.76. The Balaban J connectivity index is 0.00000156. The van der Waals surface area contributed by atoms with Gasteiger partial charge in [0.1, 0.15) is 11.9 Å². The van der Waals surface area contributed by atoms with Gasteiger partial charge in [-0.3, -0.25) is 4.79 Å². The molecule has 1 aromatic heterocycles. The van der Waals surface area contributed by atoms with E-state index >= 15 is 0 Å². The van der Waals surface area contributed by atoms with Crippen molar-refractivity contribution in [1.29, 1.82) is 0 Å². The number of amides is 1. The summed E-state index contributed by atoms with van der Waals surface area (Å²) in [5.41, 5.74) is 6.25. The summed E-state index contributed by atoms with van der Waals surface area (Å²) in [6, 6.07) is 12.6. The molecule has 1 amide bonds. The molecule has 8 heteroatoms. The number of rotatable bonds is 5. The lowest BCUT2D eigenvalue weighted by atomic mass is 10.2. The third-order valence-electron chi connectivity index (χ3n) is 3.64. The van der Waals surface area contributed by atoms with E-state index in [1.165, 1.54) is 0 Å². The number of nitrogens with two attached hydrogens (primary N) is 1. The Morgan fingerprint density at radius 2 is 1.96 bits per heavy atom. The van der Waals surface area contributed by atoms with E-state index in [4.69, 9.17) is 15.2 Å². The number of aromatic nitrogens is 1. The van der Waals surface area contributed by atoms with E-state index in [0.29, 0.717) is 30.3 Å². The Bertz CT molecular complexity index is 656. The maximum absolute atomic E-state index is 12.1. The summed E-state index contributed by atoms with van der Waals surface area (Å²) in [4.78, 5) is 16.2. The highest BCUT2D eigenvalue weighted by Gasteiger charge is 2.29. The van der Waals surface area contributed by atoms with Crippen LogP contribution in [0.2, 0.25) is 0 Å². The van der Waals surface area contributed by atoms with E-state index in [2.05, 4.69) is 10.3 Å². The minimum atomic E-state index is -0.423. The number of halogens is 2. The molecule has 6 nitrogen and oxygen atoms in total. The molecule has 0 aliphatic carbocycles. The SMILES string of the molecule is Cl.Cl.NC[C@H]1CC[C@@H](C(=O)Nc2ccc(Oc3ccccn3)cc2)O1. The van der Waals surface area contributed by atoms with Gasteiger partial charge in [0, 0.05) is 24.5 Å². The van der Waals surface area contributed by atoms with Crippen LogP contribution in [0.25, 0.3) is 0 Å². The molecule has 0 unspecified atom stereocenters.